The molecule has 0 aliphatic rings. The third-order valence-electron chi connectivity index (χ3n) is 3.98. The molecule has 1 amide bonds. The van der Waals surface area contributed by atoms with E-state index in [0.29, 0.717) is 21.6 Å². The number of para-hydroxylation sites is 1. The van der Waals surface area contributed by atoms with Crippen molar-refractivity contribution < 1.29 is 4.79 Å². The van der Waals surface area contributed by atoms with Crippen molar-refractivity contribution in [3.8, 4) is 17.1 Å². The SMILES string of the molecule is O=C(Nc1cccc(Cl)c1)c1nc(-c2cccc(Cl)c2)n(-c2ccccc2)n1. The van der Waals surface area contributed by atoms with Gasteiger partial charge in [0.25, 0.3) is 5.91 Å². The summed E-state index contributed by atoms with van der Waals surface area (Å²) in [4.78, 5) is 17.2. The number of benzene rings is 3. The van der Waals surface area contributed by atoms with Gasteiger partial charge in [-0.2, -0.15) is 0 Å². The van der Waals surface area contributed by atoms with E-state index in [9.17, 15) is 4.79 Å². The third-order valence-corrected chi connectivity index (χ3v) is 4.45. The number of amides is 1. The first-order valence-corrected chi connectivity index (χ1v) is 9.21. The summed E-state index contributed by atoms with van der Waals surface area (Å²) in [7, 11) is 0. The highest BCUT2D eigenvalue weighted by Gasteiger charge is 2.19. The van der Waals surface area contributed by atoms with Gasteiger partial charge in [0, 0.05) is 21.3 Å². The van der Waals surface area contributed by atoms with Gasteiger partial charge in [-0.1, -0.05) is 59.6 Å². The standard InChI is InChI=1S/C21H14Cl2N4O/c22-15-7-4-6-14(12-15)20-25-19(26-27(20)18-10-2-1-3-11-18)21(28)24-17-9-5-8-16(23)13-17/h1-13H,(H,24,28). The minimum atomic E-state index is -0.430. The van der Waals surface area contributed by atoms with E-state index in [4.69, 9.17) is 23.2 Å². The van der Waals surface area contributed by atoms with Crippen molar-refractivity contribution in [1.82, 2.24) is 14.8 Å². The molecule has 1 aromatic heterocycles. The van der Waals surface area contributed by atoms with E-state index in [0.717, 1.165) is 11.3 Å². The average molecular weight is 409 g/mol. The molecule has 0 spiro atoms. The number of hydrogen-bond acceptors (Lipinski definition) is 3. The zero-order valence-electron chi connectivity index (χ0n) is 14.5. The van der Waals surface area contributed by atoms with Crippen molar-refractivity contribution in [1.29, 1.82) is 0 Å². The van der Waals surface area contributed by atoms with E-state index >= 15 is 0 Å². The molecule has 28 heavy (non-hydrogen) atoms. The Morgan fingerprint density at radius 2 is 1.57 bits per heavy atom. The van der Waals surface area contributed by atoms with Gasteiger partial charge in [-0.3, -0.25) is 4.79 Å². The second kappa shape index (κ2) is 7.84. The summed E-state index contributed by atoms with van der Waals surface area (Å²) in [6, 6.07) is 23.6. The van der Waals surface area contributed by atoms with Crippen molar-refractivity contribution >= 4 is 34.8 Å². The molecule has 3 aromatic carbocycles. The van der Waals surface area contributed by atoms with Gasteiger partial charge in [-0.15, -0.1) is 5.10 Å². The number of nitrogens with one attached hydrogen (secondary N) is 1. The number of hydrogen-bond donors (Lipinski definition) is 1. The van der Waals surface area contributed by atoms with Crippen LogP contribution in [-0.2, 0) is 0 Å². The van der Waals surface area contributed by atoms with E-state index in [1.54, 1.807) is 41.1 Å². The largest absolute Gasteiger partial charge is 0.319 e. The van der Waals surface area contributed by atoms with Gasteiger partial charge in [0.05, 0.1) is 5.69 Å². The molecule has 0 aliphatic heterocycles. The molecule has 0 saturated heterocycles. The van der Waals surface area contributed by atoms with Crippen LogP contribution in [0.1, 0.15) is 10.6 Å². The molecule has 138 valence electrons. The van der Waals surface area contributed by atoms with Crippen LogP contribution < -0.4 is 5.32 Å². The van der Waals surface area contributed by atoms with Crippen molar-refractivity contribution in [3.05, 3.63) is 94.7 Å². The molecule has 0 fully saturated rings. The van der Waals surface area contributed by atoms with Crippen LogP contribution in [-0.4, -0.2) is 20.7 Å². The molecule has 0 saturated carbocycles. The van der Waals surface area contributed by atoms with Crippen molar-refractivity contribution in [3.63, 3.8) is 0 Å². The summed E-state index contributed by atoms with van der Waals surface area (Å²) in [5.74, 6) is 0.129. The Bertz CT molecular complexity index is 1140. The molecule has 0 bridgehead atoms. The molecule has 0 radical (unpaired) electrons. The van der Waals surface area contributed by atoms with Crippen LogP contribution in [0.2, 0.25) is 10.0 Å². The summed E-state index contributed by atoms with van der Waals surface area (Å²) in [6.45, 7) is 0. The predicted octanol–water partition coefficient (Wildman–Crippen LogP) is 5.49. The lowest BCUT2D eigenvalue weighted by Crippen LogP contribution is -2.14. The summed E-state index contributed by atoms with van der Waals surface area (Å²) < 4.78 is 1.62. The van der Waals surface area contributed by atoms with Crippen LogP contribution in [0.15, 0.2) is 78.9 Å². The molecule has 1 N–H and O–H groups in total. The van der Waals surface area contributed by atoms with Crippen LogP contribution in [0.3, 0.4) is 0 Å². The predicted molar refractivity (Wildman–Crippen MR) is 111 cm³/mol. The van der Waals surface area contributed by atoms with Crippen LogP contribution in [0.25, 0.3) is 17.1 Å². The van der Waals surface area contributed by atoms with Crippen LogP contribution in [0.5, 0.6) is 0 Å². The quantitative estimate of drug-likeness (QED) is 0.485. The molecule has 0 atom stereocenters. The zero-order chi connectivity index (χ0) is 19.5. The lowest BCUT2D eigenvalue weighted by atomic mass is 10.2. The number of halogens is 2. The topological polar surface area (TPSA) is 59.8 Å². The number of rotatable bonds is 4. The Kier molecular flexibility index (Phi) is 5.10. The maximum Gasteiger partial charge on any atom is 0.295 e. The average Bonchev–Trinajstić information content (AvgIpc) is 3.14. The summed E-state index contributed by atoms with van der Waals surface area (Å²) in [6.07, 6.45) is 0. The minimum absolute atomic E-state index is 0.0406. The molecule has 7 heteroatoms. The molecular formula is C21H14Cl2N4O. The van der Waals surface area contributed by atoms with E-state index in [-0.39, 0.29) is 5.82 Å². The van der Waals surface area contributed by atoms with Crippen LogP contribution in [0, 0.1) is 0 Å². The van der Waals surface area contributed by atoms with E-state index in [1.165, 1.54) is 0 Å². The lowest BCUT2D eigenvalue weighted by Gasteiger charge is -2.05. The third kappa shape index (κ3) is 3.91. The minimum Gasteiger partial charge on any atom is -0.319 e. The Morgan fingerprint density at radius 1 is 0.857 bits per heavy atom. The molecular weight excluding hydrogens is 395 g/mol. The van der Waals surface area contributed by atoms with Gasteiger partial charge >= 0.3 is 0 Å². The van der Waals surface area contributed by atoms with Gasteiger partial charge in [0.15, 0.2) is 5.82 Å². The van der Waals surface area contributed by atoms with E-state index < -0.39 is 5.91 Å². The Morgan fingerprint density at radius 3 is 2.29 bits per heavy atom. The van der Waals surface area contributed by atoms with Gasteiger partial charge in [0.1, 0.15) is 0 Å². The maximum absolute atomic E-state index is 12.7. The number of carbonyl (C=O) groups is 1. The Hall–Kier alpha value is -3.15. The van der Waals surface area contributed by atoms with E-state index in [2.05, 4.69) is 15.4 Å². The molecule has 4 aromatic rings. The first-order chi connectivity index (χ1) is 13.6. The fraction of sp³-hybridized carbons (Fsp3) is 0. The number of nitrogens with zero attached hydrogens (tertiary/aromatic N) is 3. The maximum atomic E-state index is 12.7. The number of anilines is 1. The van der Waals surface area contributed by atoms with E-state index in [1.807, 2.05) is 42.5 Å². The van der Waals surface area contributed by atoms with Crippen LogP contribution >= 0.6 is 23.2 Å². The zero-order valence-corrected chi connectivity index (χ0v) is 16.0. The summed E-state index contributed by atoms with van der Waals surface area (Å²) in [5.41, 5.74) is 2.11. The smallest absolute Gasteiger partial charge is 0.295 e. The Labute approximate surface area is 171 Å². The summed E-state index contributed by atoms with van der Waals surface area (Å²) >= 11 is 12.1. The van der Waals surface area contributed by atoms with Gasteiger partial charge in [-0.05, 0) is 42.5 Å². The fourth-order valence-electron chi connectivity index (χ4n) is 2.73. The number of carbonyl (C=O) groups excluding carboxylic acids is 1. The first kappa shape index (κ1) is 18.2. The highest BCUT2D eigenvalue weighted by molar-refractivity contribution is 6.31. The second-order valence-corrected chi connectivity index (χ2v) is 6.85. The van der Waals surface area contributed by atoms with Crippen molar-refractivity contribution in [2.24, 2.45) is 0 Å². The highest BCUT2D eigenvalue weighted by atomic mass is 35.5. The second-order valence-electron chi connectivity index (χ2n) is 5.98. The molecule has 4 rings (SSSR count). The van der Waals surface area contributed by atoms with Crippen molar-refractivity contribution in [2.75, 3.05) is 5.32 Å². The van der Waals surface area contributed by atoms with Gasteiger partial charge in [0.2, 0.25) is 5.82 Å². The normalized spacial score (nSPS) is 10.6. The number of aromatic nitrogens is 3. The molecule has 5 nitrogen and oxygen atoms in total. The fourth-order valence-corrected chi connectivity index (χ4v) is 3.11. The van der Waals surface area contributed by atoms with Gasteiger partial charge in [-0.25, -0.2) is 9.67 Å². The molecule has 1 heterocycles. The lowest BCUT2D eigenvalue weighted by molar-refractivity contribution is 0.101. The first-order valence-electron chi connectivity index (χ1n) is 8.45. The Balaban J connectivity index is 1.76. The molecule has 0 unspecified atom stereocenters. The summed E-state index contributed by atoms with van der Waals surface area (Å²) in [5, 5.41) is 8.29. The highest BCUT2D eigenvalue weighted by Crippen LogP contribution is 2.24. The van der Waals surface area contributed by atoms with Gasteiger partial charge < -0.3 is 5.32 Å². The molecule has 0 aliphatic carbocycles. The van der Waals surface area contributed by atoms with Crippen molar-refractivity contribution in [2.45, 2.75) is 0 Å². The monoisotopic (exact) mass is 408 g/mol. The van der Waals surface area contributed by atoms with Crippen LogP contribution in [0.4, 0.5) is 5.69 Å².